The summed E-state index contributed by atoms with van der Waals surface area (Å²) in [6.45, 7) is 3.58. The standard InChI is InChI=1S/C22H23N3O5/c1-3-30-22(29)18-6-4-5-7-19(18)24-21(28)15-12-20(27)25(13-15)17-10-8-16(9-11-17)23-14(2)26/h4-11,15H,3,12-13H2,1-2H3,(H,23,26)(H,24,28). The van der Waals surface area contributed by atoms with E-state index in [4.69, 9.17) is 4.74 Å². The summed E-state index contributed by atoms with van der Waals surface area (Å²) in [6, 6.07) is 13.4. The lowest BCUT2D eigenvalue weighted by molar-refractivity contribution is -0.122. The van der Waals surface area contributed by atoms with Gasteiger partial charge in [0.2, 0.25) is 17.7 Å². The first-order valence-corrected chi connectivity index (χ1v) is 9.64. The van der Waals surface area contributed by atoms with Gasteiger partial charge in [0.05, 0.1) is 23.8 Å². The first kappa shape index (κ1) is 21.0. The van der Waals surface area contributed by atoms with Gasteiger partial charge in [-0.3, -0.25) is 14.4 Å². The van der Waals surface area contributed by atoms with Crippen molar-refractivity contribution in [3.63, 3.8) is 0 Å². The van der Waals surface area contributed by atoms with Gasteiger partial charge in [-0.15, -0.1) is 0 Å². The van der Waals surface area contributed by atoms with Crippen molar-refractivity contribution in [3.05, 3.63) is 54.1 Å². The highest BCUT2D eigenvalue weighted by atomic mass is 16.5. The number of para-hydroxylation sites is 1. The molecule has 2 N–H and O–H groups in total. The molecule has 1 saturated heterocycles. The second kappa shape index (κ2) is 9.21. The topological polar surface area (TPSA) is 105 Å². The Labute approximate surface area is 174 Å². The lowest BCUT2D eigenvalue weighted by Crippen LogP contribution is -2.28. The van der Waals surface area contributed by atoms with Gasteiger partial charge in [0.15, 0.2) is 0 Å². The van der Waals surface area contributed by atoms with Gasteiger partial charge in [-0.2, -0.15) is 0 Å². The van der Waals surface area contributed by atoms with Crippen molar-refractivity contribution >= 4 is 40.8 Å². The molecule has 0 spiro atoms. The van der Waals surface area contributed by atoms with Crippen LogP contribution < -0.4 is 15.5 Å². The fourth-order valence-corrected chi connectivity index (χ4v) is 3.27. The van der Waals surface area contributed by atoms with Gasteiger partial charge < -0.3 is 20.3 Å². The molecule has 0 saturated carbocycles. The summed E-state index contributed by atoms with van der Waals surface area (Å²) >= 11 is 0. The number of rotatable bonds is 6. The van der Waals surface area contributed by atoms with Crippen molar-refractivity contribution in [1.82, 2.24) is 0 Å². The summed E-state index contributed by atoms with van der Waals surface area (Å²) in [5.41, 5.74) is 1.90. The second-order valence-electron chi connectivity index (χ2n) is 6.89. The van der Waals surface area contributed by atoms with Crippen LogP contribution in [0, 0.1) is 5.92 Å². The quantitative estimate of drug-likeness (QED) is 0.714. The van der Waals surface area contributed by atoms with Crippen molar-refractivity contribution in [3.8, 4) is 0 Å². The summed E-state index contributed by atoms with van der Waals surface area (Å²) in [7, 11) is 0. The Morgan fingerprint density at radius 1 is 1.07 bits per heavy atom. The van der Waals surface area contributed by atoms with Crippen LogP contribution in [0.25, 0.3) is 0 Å². The van der Waals surface area contributed by atoms with Crippen LogP contribution in [-0.2, 0) is 19.1 Å². The van der Waals surface area contributed by atoms with E-state index < -0.39 is 11.9 Å². The van der Waals surface area contributed by atoms with E-state index in [1.807, 2.05) is 0 Å². The van der Waals surface area contributed by atoms with E-state index in [1.54, 1.807) is 60.4 Å². The van der Waals surface area contributed by atoms with Crippen LogP contribution in [0.15, 0.2) is 48.5 Å². The Kier molecular flexibility index (Phi) is 6.46. The largest absolute Gasteiger partial charge is 0.462 e. The first-order chi connectivity index (χ1) is 14.4. The van der Waals surface area contributed by atoms with Gasteiger partial charge in [0.25, 0.3) is 0 Å². The number of nitrogens with zero attached hydrogens (tertiary/aromatic N) is 1. The maximum absolute atomic E-state index is 12.8. The molecule has 8 heteroatoms. The van der Waals surface area contributed by atoms with E-state index in [9.17, 15) is 19.2 Å². The monoisotopic (exact) mass is 409 g/mol. The van der Waals surface area contributed by atoms with Crippen LogP contribution in [0.5, 0.6) is 0 Å². The molecule has 3 rings (SSSR count). The zero-order valence-corrected chi connectivity index (χ0v) is 16.8. The summed E-state index contributed by atoms with van der Waals surface area (Å²) in [4.78, 5) is 50.0. The highest BCUT2D eigenvalue weighted by Gasteiger charge is 2.35. The van der Waals surface area contributed by atoms with Crippen molar-refractivity contribution in [1.29, 1.82) is 0 Å². The van der Waals surface area contributed by atoms with Gasteiger partial charge in [0, 0.05) is 31.3 Å². The SMILES string of the molecule is CCOC(=O)c1ccccc1NC(=O)C1CC(=O)N(c2ccc(NC(C)=O)cc2)C1. The molecule has 1 atom stereocenters. The maximum Gasteiger partial charge on any atom is 0.340 e. The number of esters is 1. The average molecular weight is 409 g/mol. The molecule has 1 aliphatic heterocycles. The smallest absolute Gasteiger partial charge is 0.340 e. The van der Waals surface area contributed by atoms with Crippen LogP contribution in [0.1, 0.15) is 30.6 Å². The van der Waals surface area contributed by atoms with E-state index in [2.05, 4.69) is 10.6 Å². The molecule has 0 aliphatic carbocycles. The Bertz CT molecular complexity index is 971. The third-order valence-corrected chi connectivity index (χ3v) is 4.68. The number of nitrogens with one attached hydrogen (secondary N) is 2. The van der Waals surface area contributed by atoms with Crippen molar-refractivity contribution in [2.45, 2.75) is 20.3 Å². The number of hydrogen-bond donors (Lipinski definition) is 2. The Morgan fingerprint density at radius 2 is 1.77 bits per heavy atom. The molecule has 30 heavy (non-hydrogen) atoms. The maximum atomic E-state index is 12.8. The number of carbonyl (C=O) groups excluding carboxylic acids is 4. The van der Waals surface area contributed by atoms with Gasteiger partial charge >= 0.3 is 5.97 Å². The number of benzene rings is 2. The molecule has 8 nitrogen and oxygen atoms in total. The highest BCUT2D eigenvalue weighted by Crippen LogP contribution is 2.27. The second-order valence-corrected chi connectivity index (χ2v) is 6.89. The number of carbonyl (C=O) groups is 4. The molecule has 0 aromatic heterocycles. The average Bonchev–Trinajstić information content (AvgIpc) is 3.10. The first-order valence-electron chi connectivity index (χ1n) is 9.64. The zero-order valence-electron chi connectivity index (χ0n) is 16.8. The predicted molar refractivity (Wildman–Crippen MR) is 112 cm³/mol. The predicted octanol–water partition coefficient (Wildman–Crippen LogP) is 2.81. The zero-order chi connectivity index (χ0) is 21.7. The minimum absolute atomic E-state index is 0.0703. The molecule has 0 radical (unpaired) electrons. The Hall–Kier alpha value is -3.68. The highest BCUT2D eigenvalue weighted by molar-refractivity contribution is 6.06. The molecular formula is C22H23N3O5. The van der Waals surface area contributed by atoms with E-state index in [-0.39, 0.29) is 42.9 Å². The summed E-state index contributed by atoms with van der Waals surface area (Å²) in [6.07, 6.45) is 0.0703. The molecule has 3 amide bonds. The van der Waals surface area contributed by atoms with Crippen molar-refractivity contribution < 1.29 is 23.9 Å². The third-order valence-electron chi connectivity index (χ3n) is 4.68. The third kappa shape index (κ3) is 4.83. The van der Waals surface area contributed by atoms with E-state index in [0.717, 1.165) is 0 Å². The summed E-state index contributed by atoms with van der Waals surface area (Å²) < 4.78 is 5.02. The van der Waals surface area contributed by atoms with Crippen LogP contribution in [-0.4, -0.2) is 36.8 Å². The fraction of sp³-hybridized carbons (Fsp3) is 0.273. The van der Waals surface area contributed by atoms with Gasteiger partial charge in [-0.05, 0) is 43.3 Å². The van der Waals surface area contributed by atoms with Crippen LogP contribution in [0.2, 0.25) is 0 Å². The molecule has 2 aromatic rings. The molecule has 156 valence electrons. The number of anilines is 3. The Morgan fingerprint density at radius 3 is 2.43 bits per heavy atom. The number of hydrogen-bond acceptors (Lipinski definition) is 5. The van der Waals surface area contributed by atoms with Crippen molar-refractivity contribution in [2.24, 2.45) is 5.92 Å². The molecular weight excluding hydrogens is 386 g/mol. The molecule has 1 unspecified atom stereocenters. The van der Waals surface area contributed by atoms with Crippen LogP contribution >= 0.6 is 0 Å². The number of amides is 3. The van der Waals surface area contributed by atoms with Crippen LogP contribution in [0.3, 0.4) is 0 Å². The number of ether oxygens (including phenoxy) is 1. The van der Waals surface area contributed by atoms with Crippen molar-refractivity contribution in [2.75, 3.05) is 28.7 Å². The van der Waals surface area contributed by atoms with Gasteiger partial charge in [-0.25, -0.2) is 4.79 Å². The summed E-state index contributed by atoms with van der Waals surface area (Å²) in [5.74, 6) is -1.75. The van der Waals surface area contributed by atoms with Crippen LogP contribution in [0.4, 0.5) is 17.1 Å². The van der Waals surface area contributed by atoms with Gasteiger partial charge in [0.1, 0.15) is 0 Å². The molecule has 1 fully saturated rings. The van der Waals surface area contributed by atoms with E-state index in [0.29, 0.717) is 17.1 Å². The summed E-state index contributed by atoms with van der Waals surface area (Å²) in [5, 5.41) is 5.42. The van der Waals surface area contributed by atoms with Gasteiger partial charge in [-0.1, -0.05) is 12.1 Å². The molecule has 1 aliphatic rings. The lowest BCUT2D eigenvalue weighted by Gasteiger charge is -2.17. The molecule has 0 bridgehead atoms. The minimum atomic E-state index is -0.553. The fourth-order valence-electron chi connectivity index (χ4n) is 3.27. The van der Waals surface area contributed by atoms with E-state index in [1.165, 1.54) is 6.92 Å². The minimum Gasteiger partial charge on any atom is -0.462 e. The van der Waals surface area contributed by atoms with E-state index >= 15 is 0 Å². The normalized spacial score (nSPS) is 15.6. The Balaban J connectivity index is 1.69. The lowest BCUT2D eigenvalue weighted by atomic mass is 10.1. The molecule has 1 heterocycles. The molecule has 2 aromatic carbocycles.